The van der Waals surface area contributed by atoms with Gasteiger partial charge in [0, 0.05) is 24.3 Å². The van der Waals surface area contributed by atoms with E-state index in [1.807, 2.05) is 0 Å². The molecule has 1 aliphatic heterocycles. The summed E-state index contributed by atoms with van der Waals surface area (Å²) >= 11 is 3.41. The Labute approximate surface area is 214 Å². The van der Waals surface area contributed by atoms with Crippen molar-refractivity contribution in [3.63, 3.8) is 0 Å². The summed E-state index contributed by atoms with van der Waals surface area (Å²) in [7, 11) is 3.23. The van der Waals surface area contributed by atoms with E-state index in [0.717, 1.165) is 0 Å². The summed E-state index contributed by atoms with van der Waals surface area (Å²) < 4.78 is 11.7. The molecule has 12 heteroatoms. The van der Waals surface area contributed by atoms with Crippen LogP contribution in [0.3, 0.4) is 0 Å². The van der Waals surface area contributed by atoms with Crippen LogP contribution in [0.15, 0.2) is 27.7 Å². The molecule has 11 nitrogen and oxygen atoms in total. The zero-order valence-electron chi connectivity index (χ0n) is 21.6. The lowest BCUT2D eigenvalue weighted by molar-refractivity contribution is 0.0300. The van der Waals surface area contributed by atoms with Gasteiger partial charge >= 0.3 is 18.2 Å². The molecule has 2 N–H and O–H groups in total. The van der Waals surface area contributed by atoms with Crippen molar-refractivity contribution in [2.45, 2.75) is 59.3 Å². The molecule has 0 bridgehead atoms. The van der Waals surface area contributed by atoms with Crippen LogP contribution in [0, 0.1) is 0 Å². The van der Waals surface area contributed by atoms with Gasteiger partial charge in [-0.3, -0.25) is 0 Å². The van der Waals surface area contributed by atoms with Gasteiger partial charge in [0.25, 0.3) is 0 Å². The molecule has 194 valence electrons. The van der Waals surface area contributed by atoms with Crippen LogP contribution in [0.1, 0.15) is 47.1 Å². The number of aliphatic imine (C=N–C) groups is 1. The number of carbonyl (C=O) groups is 3. The van der Waals surface area contributed by atoms with Crippen molar-refractivity contribution >= 4 is 45.8 Å². The number of amides is 4. The minimum Gasteiger partial charge on any atom is -0.443 e. The topological polar surface area (TPSA) is 121 Å². The quantitative estimate of drug-likeness (QED) is 0.329. The van der Waals surface area contributed by atoms with Crippen molar-refractivity contribution in [1.82, 2.24) is 19.6 Å². The van der Waals surface area contributed by atoms with Gasteiger partial charge in [-0.05, 0) is 75.2 Å². The van der Waals surface area contributed by atoms with E-state index in [4.69, 9.17) is 15.2 Å². The zero-order valence-corrected chi connectivity index (χ0v) is 23.2. The number of hydrogen-bond acceptors (Lipinski definition) is 6. The third kappa shape index (κ3) is 8.30. The number of ether oxygens (including phenoxy) is 2. The molecule has 0 atom stereocenters. The third-order valence-corrected chi connectivity index (χ3v) is 5.23. The summed E-state index contributed by atoms with van der Waals surface area (Å²) in [6.07, 6.45) is -1.59. The second-order valence-electron chi connectivity index (χ2n) is 10.3. The fourth-order valence-electron chi connectivity index (χ4n) is 3.15. The fraction of sp³-hybridized carbons (Fsp3) is 0.565. The molecule has 0 unspecified atom stereocenters. The first-order valence-electron chi connectivity index (χ1n) is 11.0. The minimum absolute atomic E-state index is 0.00681. The summed E-state index contributed by atoms with van der Waals surface area (Å²) in [6.45, 7) is 10.6. The molecule has 2 rings (SSSR count). The molecule has 0 aromatic heterocycles. The van der Waals surface area contributed by atoms with Crippen LogP contribution in [0.4, 0.5) is 20.1 Å². The van der Waals surface area contributed by atoms with E-state index in [1.165, 1.54) is 14.7 Å². The molecule has 0 aliphatic carbocycles. The molecular weight excluding hydrogens is 520 g/mol. The number of benzene rings is 1. The predicted octanol–water partition coefficient (Wildman–Crippen LogP) is 4.27. The van der Waals surface area contributed by atoms with E-state index in [9.17, 15) is 14.4 Å². The highest BCUT2D eigenvalue weighted by Crippen LogP contribution is 2.23. The van der Waals surface area contributed by atoms with Crippen molar-refractivity contribution in [2.24, 2.45) is 4.99 Å². The van der Waals surface area contributed by atoms with Crippen molar-refractivity contribution in [3.05, 3.63) is 28.2 Å². The maximum Gasteiger partial charge on any atom is 0.437 e. The van der Waals surface area contributed by atoms with Gasteiger partial charge < -0.3 is 29.9 Å². The number of anilines is 1. The molecule has 1 fully saturated rings. The highest BCUT2D eigenvalue weighted by Gasteiger charge is 2.35. The standard InChI is InChI=1S/C23H35BrN6O5/c1-22(2,3)34-19(31)26-18(29-13-27(7)20(32)28(8)14-29)30(21(33)35-23(4,5)6)12-15-9-10-17(25)16(24)11-15/h9-11H,12-14,25H2,1-8H3/b26-18+. The highest BCUT2D eigenvalue weighted by molar-refractivity contribution is 9.10. The number of carbonyl (C=O) groups excluding carboxylic acids is 3. The number of guanidine groups is 1. The molecule has 0 radical (unpaired) electrons. The number of nitrogen functional groups attached to an aromatic ring is 1. The van der Waals surface area contributed by atoms with Crippen LogP contribution in [-0.4, -0.2) is 82.4 Å². The lowest BCUT2D eigenvalue weighted by Crippen LogP contribution is -2.60. The monoisotopic (exact) mass is 554 g/mol. The Hall–Kier alpha value is -3.02. The number of hydrogen-bond donors (Lipinski definition) is 1. The normalized spacial score (nSPS) is 15.3. The summed E-state index contributed by atoms with van der Waals surface area (Å²) in [5, 5.41) is 0. The van der Waals surface area contributed by atoms with E-state index >= 15 is 0 Å². The first-order valence-corrected chi connectivity index (χ1v) is 11.8. The van der Waals surface area contributed by atoms with Crippen LogP contribution < -0.4 is 5.73 Å². The van der Waals surface area contributed by atoms with E-state index in [1.54, 1.807) is 78.7 Å². The second kappa shape index (κ2) is 10.7. The van der Waals surface area contributed by atoms with Crippen molar-refractivity contribution in [3.8, 4) is 0 Å². The van der Waals surface area contributed by atoms with Gasteiger partial charge in [0.1, 0.15) is 11.2 Å². The van der Waals surface area contributed by atoms with Crippen LogP contribution in [-0.2, 0) is 16.0 Å². The summed E-state index contributed by atoms with van der Waals surface area (Å²) in [5.41, 5.74) is 5.57. The van der Waals surface area contributed by atoms with Gasteiger partial charge in [0.05, 0.1) is 19.9 Å². The SMILES string of the molecule is CN1CN(/C(=N\C(=O)OC(C)(C)C)N(Cc2ccc(N)c(Br)c2)C(=O)OC(C)(C)C)CN(C)C1=O. The Morgan fingerprint density at radius 1 is 1.06 bits per heavy atom. The molecule has 0 spiro atoms. The maximum absolute atomic E-state index is 13.4. The molecule has 1 aromatic rings. The van der Waals surface area contributed by atoms with Gasteiger partial charge in [0.2, 0.25) is 5.96 Å². The lowest BCUT2D eigenvalue weighted by atomic mass is 10.2. The number of nitrogens with zero attached hydrogens (tertiary/aromatic N) is 5. The number of nitrogens with two attached hydrogens (primary N) is 1. The molecular formula is C23H35BrN6O5. The first-order chi connectivity index (χ1) is 16.0. The molecule has 1 heterocycles. The van der Waals surface area contributed by atoms with Crippen molar-refractivity contribution in [2.75, 3.05) is 33.2 Å². The van der Waals surface area contributed by atoms with Crippen molar-refractivity contribution < 1.29 is 23.9 Å². The summed E-state index contributed by atoms with van der Waals surface area (Å²) in [6, 6.07) is 5.04. The first kappa shape index (κ1) is 28.2. The van der Waals surface area contributed by atoms with Crippen molar-refractivity contribution in [1.29, 1.82) is 0 Å². The maximum atomic E-state index is 13.4. The summed E-state index contributed by atoms with van der Waals surface area (Å²) in [4.78, 5) is 48.4. The third-order valence-electron chi connectivity index (χ3n) is 4.55. The predicted molar refractivity (Wildman–Crippen MR) is 136 cm³/mol. The van der Waals surface area contributed by atoms with Gasteiger partial charge in [0.15, 0.2) is 0 Å². The molecule has 1 aliphatic rings. The molecule has 0 saturated carbocycles. The van der Waals surface area contributed by atoms with Crippen LogP contribution in [0.25, 0.3) is 0 Å². The van der Waals surface area contributed by atoms with Gasteiger partial charge in [-0.15, -0.1) is 4.99 Å². The van der Waals surface area contributed by atoms with E-state index in [-0.39, 0.29) is 31.9 Å². The van der Waals surface area contributed by atoms with Crippen LogP contribution in [0.2, 0.25) is 0 Å². The molecule has 1 saturated heterocycles. The Bertz CT molecular complexity index is 987. The van der Waals surface area contributed by atoms with Gasteiger partial charge in [-0.2, -0.15) is 0 Å². The largest absolute Gasteiger partial charge is 0.443 e. The molecule has 35 heavy (non-hydrogen) atoms. The lowest BCUT2D eigenvalue weighted by Gasteiger charge is -2.42. The Morgan fingerprint density at radius 3 is 2.09 bits per heavy atom. The van der Waals surface area contributed by atoms with E-state index < -0.39 is 23.4 Å². The molecule has 4 amide bonds. The Kier molecular flexibility index (Phi) is 8.64. The average molecular weight is 555 g/mol. The summed E-state index contributed by atoms with van der Waals surface area (Å²) in [5.74, 6) is -0.00681. The fourth-order valence-corrected chi connectivity index (χ4v) is 3.58. The number of urea groups is 1. The molecule has 1 aromatic carbocycles. The van der Waals surface area contributed by atoms with E-state index in [0.29, 0.717) is 15.7 Å². The van der Waals surface area contributed by atoms with Crippen LogP contribution in [0.5, 0.6) is 0 Å². The zero-order chi connectivity index (χ0) is 26.7. The second-order valence-corrected chi connectivity index (χ2v) is 11.2. The smallest absolute Gasteiger partial charge is 0.437 e. The average Bonchev–Trinajstić information content (AvgIpc) is 2.68. The Morgan fingerprint density at radius 2 is 1.60 bits per heavy atom. The van der Waals surface area contributed by atoms with E-state index in [2.05, 4.69) is 20.9 Å². The minimum atomic E-state index is -0.873. The number of rotatable bonds is 2. The highest BCUT2D eigenvalue weighted by atomic mass is 79.9. The Balaban J connectivity index is 2.59. The van der Waals surface area contributed by atoms with Gasteiger partial charge in [-0.25, -0.2) is 19.3 Å². The van der Waals surface area contributed by atoms with Crippen LogP contribution >= 0.6 is 15.9 Å². The van der Waals surface area contributed by atoms with Gasteiger partial charge in [-0.1, -0.05) is 6.07 Å². The number of halogens is 1.